The molecule has 0 bridgehead atoms. The molecule has 1 aromatic carbocycles. The minimum Gasteiger partial charge on any atom is -0.507 e. The molecule has 11 heteroatoms. The molecule has 2 aliphatic heterocycles. The standard InChI is InChI=1S/C29H36N8O3/c1-21-10-13-36(25-18-24(33-34-29(25)30)23-6-3-4-7-26(23)38)14-15-37(21)28-9-11-31-27(32-28)8-5-12-35-16-17-40-20-22(35)19-39-2/h3-4,6-7,9,11,18,21-22,38H,10,12-17,19-20H2,1-2H3,(H2,30,34)/t21-,22?/m1/s1. The number of nitrogens with zero attached hydrogens (tertiary/aromatic N) is 7. The molecule has 2 fully saturated rings. The van der Waals surface area contributed by atoms with Crippen molar-refractivity contribution in [1.82, 2.24) is 25.1 Å². The first-order valence-corrected chi connectivity index (χ1v) is 13.6. The lowest BCUT2D eigenvalue weighted by atomic mass is 10.1. The van der Waals surface area contributed by atoms with Crippen molar-refractivity contribution in [3.63, 3.8) is 0 Å². The lowest BCUT2D eigenvalue weighted by Crippen LogP contribution is -2.47. The largest absolute Gasteiger partial charge is 0.507 e. The second-order valence-electron chi connectivity index (χ2n) is 10.0. The van der Waals surface area contributed by atoms with Crippen LogP contribution in [0.4, 0.5) is 17.3 Å². The fourth-order valence-electron chi connectivity index (χ4n) is 5.14. The van der Waals surface area contributed by atoms with E-state index in [4.69, 9.17) is 20.2 Å². The Kier molecular flexibility index (Phi) is 8.91. The van der Waals surface area contributed by atoms with Gasteiger partial charge >= 0.3 is 0 Å². The number of nitrogen functional groups attached to an aromatic ring is 1. The van der Waals surface area contributed by atoms with Gasteiger partial charge in [-0.2, -0.15) is 0 Å². The maximum Gasteiger partial charge on any atom is 0.206 e. The molecule has 2 aromatic heterocycles. The van der Waals surface area contributed by atoms with Crippen LogP contribution in [0.2, 0.25) is 0 Å². The molecule has 210 valence electrons. The number of phenolic OH excluding ortho intramolecular Hbond substituents is 1. The summed E-state index contributed by atoms with van der Waals surface area (Å²) in [5.41, 5.74) is 8.29. The Balaban J connectivity index is 1.28. The molecule has 1 unspecified atom stereocenters. The molecule has 0 saturated carbocycles. The van der Waals surface area contributed by atoms with Crippen LogP contribution in [-0.2, 0) is 9.47 Å². The number of hydrogen-bond donors (Lipinski definition) is 2. The predicted molar refractivity (Wildman–Crippen MR) is 154 cm³/mol. The van der Waals surface area contributed by atoms with E-state index >= 15 is 0 Å². The summed E-state index contributed by atoms with van der Waals surface area (Å²) < 4.78 is 10.9. The average Bonchev–Trinajstić information content (AvgIpc) is 3.16. The van der Waals surface area contributed by atoms with Gasteiger partial charge in [-0.1, -0.05) is 18.1 Å². The number of para-hydroxylation sites is 1. The molecule has 0 aliphatic carbocycles. The zero-order valence-electron chi connectivity index (χ0n) is 23.0. The molecule has 5 rings (SSSR count). The van der Waals surface area contributed by atoms with Crippen molar-refractivity contribution >= 4 is 17.3 Å². The van der Waals surface area contributed by atoms with Gasteiger partial charge in [0.2, 0.25) is 5.82 Å². The number of aromatic hydroxyl groups is 1. The molecule has 11 nitrogen and oxygen atoms in total. The third-order valence-electron chi connectivity index (χ3n) is 7.41. The second kappa shape index (κ2) is 12.9. The Bertz CT molecular complexity index is 1360. The SMILES string of the molecule is COCC1COCCN1CC#Cc1nccc(N2CCN(c3cc(-c4ccccc4O)nnc3N)CC[C@H]2C)n1. The van der Waals surface area contributed by atoms with Crippen LogP contribution in [-0.4, -0.2) is 102 Å². The van der Waals surface area contributed by atoms with Gasteiger partial charge < -0.3 is 30.1 Å². The Labute approximate surface area is 234 Å². The molecular weight excluding hydrogens is 508 g/mol. The van der Waals surface area contributed by atoms with Crippen molar-refractivity contribution in [3.8, 4) is 28.8 Å². The third kappa shape index (κ3) is 6.42. The quantitative estimate of drug-likeness (QED) is 0.443. The summed E-state index contributed by atoms with van der Waals surface area (Å²) in [5.74, 6) is 8.28. The highest BCUT2D eigenvalue weighted by atomic mass is 16.5. The first kappa shape index (κ1) is 27.6. The number of aromatic nitrogens is 4. The van der Waals surface area contributed by atoms with Gasteiger partial charge in [0.25, 0.3) is 0 Å². The number of phenols is 1. The predicted octanol–water partition coefficient (Wildman–Crippen LogP) is 2.03. The van der Waals surface area contributed by atoms with Gasteiger partial charge in [-0.15, -0.1) is 10.2 Å². The Morgan fingerprint density at radius 3 is 2.88 bits per heavy atom. The highest BCUT2D eigenvalue weighted by molar-refractivity contribution is 5.74. The molecule has 2 atom stereocenters. The number of benzene rings is 1. The average molecular weight is 545 g/mol. The first-order chi connectivity index (χ1) is 19.5. The van der Waals surface area contributed by atoms with Gasteiger partial charge in [-0.25, -0.2) is 9.97 Å². The fraction of sp³-hybridized carbons (Fsp3) is 0.448. The lowest BCUT2D eigenvalue weighted by Gasteiger charge is -2.33. The molecule has 0 radical (unpaired) electrons. The van der Waals surface area contributed by atoms with Crippen molar-refractivity contribution in [3.05, 3.63) is 48.4 Å². The molecule has 0 spiro atoms. The summed E-state index contributed by atoms with van der Waals surface area (Å²) >= 11 is 0. The highest BCUT2D eigenvalue weighted by Crippen LogP contribution is 2.32. The summed E-state index contributed by atoms with van der Waals surface area (Å²) in [6.07, 6.45) is 2.67. The molecule has 3 N–H and O–H groups in total. The molecule has 2 saturated heterocycles. The summed E-state index contributed by atoms with van der Waals surface area (Å²) in [7, 11) is 1.71. The van der Waals surface area contributed by atoms with Gasteiger partial charge in [0, 0.05) is 51.1 Å². The van der Waals surface area contributed by atoms with Crippen LogP contribution in [0.3, 0.4) is 0 Å². The molecule has 40 heavy (non-hydrogen) atoms. The summed E-state index contributed by atoms with van der Waals surface area (Å²) in [4.78, 5) is 16.0. The zero-order valence-corrected chi connectivity index (χ0v) is 23.0. The highest BCUT2D eigenvalue weighted by Gasteiger charge is 2.25. The molecular formula is C29H36N8O3. The van der Waals surface area contributed by atoms with Crippen LogP contribution < -0.4 is 15.5 Å². The number of nitrogens with two attached hydrogens (primary N) is 1. The van der Waals surface area contributed by atoms with Crippen LogP contribution in [0.5, 0.6) is 5.75 Å². The maximum atomic E-state index is 10.3. The van der Waals surface area contributed by atoms with E-state index in [0.29, 0.717) is 49.3 Å². The van der Waals surface area contributed by atoms with Crippen LogP contribution in [0, 0.1) is 11.8 Å². The van der Waals surface area contributed by atoms with E-state index in [1.807, 2.05) is 24.3 Å². The van der Waals surface area contributed by atoms with E-state index in [1.54, 1.807) is 25.4 Å². The zero-order chi connectivity index (χ0) is 27.9. The fourth-order valence-corrected chi connectivity index (χ4v) is 5.14. The van der Waals surface area contributed by atoms with Gasteiger partial charge in [-0.3, -0.25) is 4.90 Å². The third-order valence-corrected chi connectivity index (χ3v) is 7.41. The van der Waals surface area contributed by atoms with Crippen LogP contribution in [0.1, 0.15) is 19.2 Å². The van der Waals surface area contributed by atoms with Crippen molar-refractivity contribution in [2.45, 2.75) is 25.4 Å². The van der Waals surface area contributed by atoms with E-state index in [2.05, 4.69) is 48.6 Å². The first-order valence-electron chi connectivity index (χ1n) is 13.6. The lowest BCUT2D eigenvalue weighted by molar-refractivity contribution is -0.0290. The van der Waals surface area contributed by atoms with Gasteiger partial charge in [0.15, 0.2) is 5.82 Å². The molecule has 2 aliphatic rings. The van der Waals surface area contributed by atoms with Gasteiger partial charge in [0.1, 0.15) is 11.6 Å². The van der Waals surface area contributed by atoms with Crippen molar-refractivity contribution in [2.75, 3.05) is 75.2 Å². The van der Waals surface area contributed by atoms with E-state index < -0.39 is 0 Å². The Morgan fingerprint density at radius 1 is 1.15 bits per heavy atom. The molecule has 3 aromatic rings. The van der Waals surface area contributed by atoms with Crippen molar-refractivity contribution in [2.24, 2.45) is 0 Å². The summed E-state index contributed by atoms with van der Waals surface area (Å²) in [6, 6.07) is 11.4. The smallest absolute Gasteiger partial charge is 0.206 e. The number of rotatable bonds is 6. The second-order valence-corrected chi connectivity index (χ2v) is 10.0. The Morgan fingerprint density at radius 2 is 2.02 bits per heavy atom. The van der Waals surface area contributed by atoms with Gasteiger partial charge in [-0.05, 0) is 43.5 Å². The van der Waals surface area contributed by atoms with E-state index in [0.717, 1.165) is 44.1 Å². The normalized spacial score (nSPS) is 20.1. The molecule has 4 heterocycles. The number of ether oxygens (including phenoxy) is 2. The van der Waals surface area contributed by atoms with Crippen molar-refractivity contribution < 1.29 is 14.6 Å². The monoisotopic (exact) mass is 544 g/mol. The molecule has 0 amide bonds. The number of methoxy groups -OCH3 is 1. The maximum absolute atomic E-state index is 10.3. The Hall–Kier alpha value is -3.98. The minimum atomic E-state index is 0.158. The topological polar surface area (TPSA) is 126 Å². The van der Waals surface area contributed by atoms with Gasteiger partial charge in [0.05, 0.1) is 43.8 Å². The van der Waals surface area contributed by atoms with E-state index in [9.17, 15) is 5.11 Å². The number of morpholine rings is 1. The van der Waals surface area contributed by atoms with Crippen LogP contribution in [0.15, 0.2) is 42.6 Å². The minimum absolute atomic E-state index is 0.158. The summed E-state index contributed by atoms with van der Waals surface area (Å²) in [5, 5.41) is 18.7. The van der Waals surface area contributed by atoms with E-state index in [-0.39, 0.29) is 17.8 Å². The van der Waals surface area contributed by atoms with Crippen LogP contribution >= 0.6 is 0 Å². The van der Waals surface area contributed by atoms with Crippen LogP contribution in [0.25, 0.3) is 11.3 Å². The van der Waals surface area contributed by atoms with Crippen molar-refractivity contribution in [1.29, 1.82) is 0 Å². The summed E-state index contributed by atoms with van der Waals surface area (Å²) in [6.45, 7) is 7.89. The number of anilines is 3. The number of hydrogen-bond acceptors (Lipinski definition) is 11. The van der Waals surface area contributed by atoms with E-state index in [1.165, 1.54) is 0 Å².